The molecule has 1 atom stereocenters. The molecule has 0 saturated carbocycles. The number of hydrogen-bond donors (Lipinski definition) is 2. The SMILES string of the molecule is CN1CCCN(Cc2ccc(-c3nc(Cl)nc(NC4CCCN(C(=O)O)C4)c3F)cc2)CC1. The number of nitrogens with one attached hydrogen (secondary N) is 1. The Morgan fingerprint density at radius 3 is 2.70 bits per heavy atom. The van der Waals surface area contributed by atoms with Gasteiger partial charge >= 0.3 is 6.09 Å². The smallest absolute Gasteiger partial charge is 0.407 e. The quantitative estimate of drug-likeness (QED) is 0.637. The summed E-state index contributed by atoms with van der Waals surface area (Å²) in [4.78, 5) is 25.5. The van der Waals surface area contributed by atoms with Crippen LogP contribution in [0.15, 0.2) is 24.3 Å². The second-order valence-corrected chi connectivity index (χ2v) is 9.18. The Morgan fingerprint density at radius 2 is 1.94 bits per heavy atom. The summed E-state index contributed by atoms with van der Waals surface area (Å²) in [5.74, 6) is -0.588. The maximum Gasteiger partial charge on any atom is 0.407 e. The van der Waals surface area contributed by atoms with E-state index < -0.39 is 11.9 Å². The van der Waals surface area contributed by atoms with Crippen molar-refractivity contribution in [2.24, 2.45) is 0 Å². The molecule has 33 heavy (non-hydrogen) atoms. The molecule has 0 radical (unpaired) electrons. The standard InChI is InChI=1S/C23H30ClFN6O2/c1-29-9-3-10-30(13-12-29)14-16-5-7-17(8-6-16)20-19(25)21(28-22(24)27-20)26-18-4-2-11-31(15-18)23(32)33/h5-8,18H,2-4,9-15H2,1H3,(H,32,33)(H,26,27,28). The van der Waals surface area contributed by atoms with Crippen LogP contribution in [0.5, 0.6) is 0 Å². The van der Waals surface area contributed by atoms with Crippen LogP contribution < -0.4 is 5.32 Å². The van der Waals surface area contributed by atoms with Gasteiger partial charge in [-0.25, -0.2) is 14.2 Å². The zero-order valence-electron chi connectivity index (χ0n) is 18.8. The number of nitrogens with zero attached hydrogens (tertiary/aromatic N) is 5. The van der Waals surface area contributed by atoms with Gasteiger partial charge in [0.2, 0.25) is 5.28 Å². The predicted molar refractivity (Wildman–Crippen MR) is 126 cm³/mol. The molecule has 10 heteroatoms. The Balaban J connectivity index is 1.47. The van der Waals surface area contributed by atoms with Crippen LogP contribution in [-0.2, 0) is 6.54 Å². The normalized spacial score (nSPS) is 20.5. The number of aromatic nitrogens is 2. The van der Waals surface area contributed by atoms with Gasteiger partial charge in [0.05, 0.1) is 0 Å². The Bertz CT molecular complexity index is 976. The van der Waals surface area contributed by atoms with E-state index in [0.29, 0.717) is 18.5 Å². The molecule has 4 rings (SSSR count). The van der Waals surface area contributed by atoms with Crippen molar-refractivity contribution in [3.05, 3.63) is 40.9 Å². The van der Waals surface area contributed by atoms with E-state index in [1.165, 1.54) is 4.90 Å². The molecular weight excluding hydrogens is 447 g/mol. The third kappa shape index (κ3) is 6.10. The minimum absolute atomic E-state index is 0.00000172. The van der Waals surface area contributed by atoms with Crippen LogP contribution in [0.1, 0.15) is 24.8 Å². The topological polar surface area (TPSA) is 84.8 Å². The number of likely N-dealkylation sites (N-methyl/N-ethyl adjacent to an activating group) is 1. The highest BCUT2D eigenvalue weighted by Gasteiger charge is 2.25. The molecule has 0 bridgehead atoms. The molecule has 0 spiro atoms. The van der Waals surface area contributed by atoms with Crippen LogP contribution in [0.4, 0.5) is 15.0 Å². The molecule has 2 aliphatic rings. The second-order valence-electron chi connectivity index (χ2n) is 8.85. The minimum atomic E-state index is -0.976. The summed E-state index contributed by atoms with van der Waals surface area (Å²) < 4.78 is 15.3. The van der Waals surface area contributed by atoms with Crippen LogP contribution in [0, 0.1) is 5.82 Å². The highest BCUT2D eigenvalue weighted by Crippen LogP contribution is 2.28. The first kappa shape index (κ1) is 23.7. The number of carbonyl (C=O) groups is 1. The fourth-order valence-corrected chi connectivity index (χ4v) is 4.62. The van der Waals surface area contributed by atoms with Crippen LogP contribution in [-0.4, -0.2) is 88.2 Å². The number of rotatable bonds is 5. The van der Waals surface area contributed by atoms with Crippen molar-refractivity contribution in [1.29, 1.82) is 0 Å². The maximum absolute atomic E-state index is 15.3. The molecule has 1 aromatic heterocycles. The lowest BCUT2D eigenvalue weighted by Gasteiger charge is -2.31. The first-order valence-electron chi connectivity index (χ1n) is 11.4. The Kier molecular flexibility index (Phi) is 7.62. The third-order valence-corrected chi connectivity index (χ3v) is 6.47. The highest BCUT2D eigenvalue weighted by molar-refractivity contribution is 6.28. The van der Waals surface area contributed by atoms with Gasteiger partial charge in [-0.15, -0.1) is 0 Å². The van der Waals surface area contributed by atoms with Gasteiger partial charge in [0, 0.05) is 44.3 Å². The molecule has 1 aromatic carbocycles. The maximum atomic E-state index is 15.3. The number of hydrogen-bond acceptors (Lipinski definition) is 6. The predicted octanol–water partition coefficient (Wildman–Crippen LogP) is 3.63. The van der Waals surface area contributed by atoms with E-state index in [1.807, 2.05) is 24.3 Å². The lowest BCUT2D eigenvalue weighted by atomic mass is 10.1. The van der Waals surface area contributed by atoms with Gasteiger partial charge < -0.3 is 20.2 Å². The van der Waals surface area contributed by atoms with E-state index in [9.17, 15) is 9.90 Å². The molecule has 2 saturated heterocycles. The minimum Gasteiger partial charge on any atom is -0.465 e. The van der Waals surface area contributed by atoms with Crippen molar-refractivity contribution in [3.63, 3.8) is 0 Å². The zero-order valence-corrected chi connectivity index (χ0v) is 19.6. The fraction of sp³-hybridized carbons (Fsp3) is 0.522. The molecule has 178 valence electrons. The number of likely N-dealkylation sites (tertiary alicyclic amines) is 1. The number of anilines is 1. The summed E-state index contributed by atoms with van der Waals surface area (Å²) in [5, 5.41) is 12.2. The van der Waals surface area contributed by atoms with Gasteiger partial charge in [-0.2, -0.15) is 4.98 Å². The lowest BCUT2D eigenvalue weighted by Crippen LogP contribution is -2.44. The van der Waals surface area contributed by atoms with E-state index in [2.05, 4.69) is 32.1 Å². The number of carboxylic acid groups (broad SMARTS) is 1. The van der Waals surface area contributed by atoms with Crippen molar-refractivity contribution in [2.75, 3.05) is 51.6 Å². The Labute approximate surface area is 198 Å². The zero-order chi connectivity index (χ0) is 23.4. The summed E-state index contributed by atoms with van der Waals surface area (Å²) in [6.45, 7) is 5.88. The van der Waals surface area contributed by atoms with E-state index in [-0.39, 0.29) is 29.4 Å². The highest BCUT2D eigenvalue weighted by atomic mass is 35.5. The van der Waals surface area contributed by atoms with E-state index in [1.54, 1.807) is 0 Å². The van der Waals surface area contributed by atoms with Crippen molar-refractivity contribution in [2.45, 2.75) is 31.8 Å². The number of halogens is 2. The van der Waals surface area contributed by atoms with Crippen molar-refractivity contribution >= 4 is 23.5 Å². The molecular formula is C23H30ClFN6O2. The van der Waals surface area contributed by atoms with Crippen LogP contribution in [0.2, 0.25) is 5.28 Å². The van der Waals surface area contributed by atoms with Gasteiger partial charge in [0.15, 0.2) is 11.6 Å². The lowest BCUT2D eigenvalue weighted by molar-refractivity contribution is 0.132. The summed E-state index contributed by atoms with van der Waals surface area (Å²) >= 11 is 6.11. The molecule has 2 N–H and O–H groups in total. The number of benzene rings is 1. The average Bonchev–Trinajstić information content (AvgIpc) is 3.00. The van der Waals surface area contributed by atoms with E-state index in [0.717, 1.165) is 51.1 Å². The second kappa shape index (κ2) is 10.6. The van der Waals surface area contributed by atoms with Crippen molar-refractivity contribution in [1.82, 2.24) is 24.7 Å². The molecule has 0 aliphatic carbocycles. The largest absolute Gasteiger partial charge is 0.465 e. The molecule has 2 fully saturated rings. The summed E-state index contributed by atoms with van der Waals surface area (Å²) in [6.07, 6.45) is 1.60. The van der Waals surface area contributed by atoms with Crippen LogP contribution in [0.3, 0.4) is 0 Å². The molecule has 3 heterocycles. The van der Waals surface area contributed by atoms with Gasteiger partial charge in [-0.3, -0.25) is 4.90 Å². The monoisotopic (exact) mass is 476 g/mol. The number of piperidine rings is 1. The number of amides is 1. The summed E-state index contributed by atoms with van der Waals surface area (Å²) in [5.41, 5.74) is 1.92. The Hall–Kier alpha value is -2.49. The van der Waals surface area contributed by atoms with Gasteiger partial charge in [0.25, 0.3) is 0 Å². The van der Waals surface area contributed by atoms with Gasteiger partial charge in [-0.1, -0.05) is 24.3 Å². The summed E-state index contributed by atoms with van der Waals surface area (Å²) in [7, 11) is 2.15. The van der Waals surface area contributed by atoms with Crippen LogP contribution >= 0.6 is 11.6 Å². The Morgan fingerprint density at radius 1 is 1.15 bits per heavy atom. The molecule has 1 amide bonds. The fourth-order valence-electron chi connectivity index (χ4n) is 4.45. The van der Waals surface area contributed by atoms with Crippen molar-refractivity contribution in [3.8, 4) is 11.3 Å². The average molecular weight is 477 g/mol. The van der Waals surface area contributed by atoms with Crippen molar-refractivity contribution < 1.29 is 14.3 Å². The first-order chi connectivity index (χ1) is 15.9. The third-order valence-electron chi connectivity index (χ3n) is 6.30. The molecule has 2 aromatic rings. The molecule has 1 unspecified atom stereocenters. The molecule has 8 nitrogen and oxygen atoms in total. The van der Waals surface area contributed by atoms with Crippen LogP contribution in [0.25, 0.3) is 11.3 Å². The van der Waals surface area contributed by atoms with Gasteiger partial charge in [0.1, 0.15) is 5.69 Å². The summed E-state index contributed by atoms with van der Waals surface area (Å²) in [6, 6.07) is 7.48. The van der Waals surface area contributed by atoms with E-state index in [4.69, 9.17) is 11.6 Å². The first-order valence-corrected chi connectivity index (χ1v) is 11.7. The molecule has 2 aliphatic heterocycles. The van der Waals surface area contributed by atoms with Gasteiger partial charge in [-0.05, 0) is 56.6 Å². The van der Waals surface area contributed by atoms with E-state index >= 15 is 4.39 Å².